The third-order valence-corrected chi connectivity index (χ3v) is 4.68. The third-order valence-electron chi connectivity index (χ3n) is 4.40. The number of fused-ring (bicyclic) bond motifs is 1. The minimum absolute atomic E-state index is 0.747. The first-order valence-electron chi connectivity index (χ1n) is 8.70. The van der Waals surface area contributed by atoms with E-state index in [1.165, 1.54) is 16.5 Å². The largest absolute Gasteiger partial charge is 0.379 e. The lowest BCUT2D eigenvalue weighted by Gasteiger charge is -2.26. The SMILES string of the molecule is S=C(NCCCN1CCOCC1)NCCc1c[nH]c2ccccc12. The van der Waals surface area contributed by atoms with Crippen LogP contribution >= 0.6 is 12.2 Å². The molecule has 1 fully saturated rings. The van der Waals surface area contributed by atoms with Gasteiger partial charge in [-0.15, -0.1) is 0 Å². The number of para-hydroxylation sites is 1. The molecule has 0 spiro atoms. The molecule has 1 aromatic carbocycles. The van der Waals surface area contributed by atoms with E-state index in [-0.39, 0.29) is 0 Å². The van der Waals surface area contributed by atoms with Crippen molar-refractivity contribution in [2.24, 2.45) is 0 Å². The second-order valence-corrected chi connectivity index (χ2v) is 6.51. The highest BCUT2D eigenvalue weighted by Gasteiger charge is 2.09. The fraction of sp³-hybridized carbons (Fsp3) is 0.500. The van der Waals surface area contributed by atoms with Crippen LogP contribution in [0.3, 0.4) is 0 Å². The van der Waals surface area contributed by atoms with Gasteiger partial charge in [0.1, 0.15) is 0 Å². The quantitative estimate of drug-likeness (QED) is 0.528. The summed E-state index contributed by atoms with van der Waals surface area (Å²) in [6.07, 6.45) is 4.15. The van der Waals surface area contributed by atoms with E-state index in [2.05, 4.69) is 51.0 Å². The Morgan fingerprint density at radius 1 is 1.17 bits per heavy atom. The van der Waals surface area contributed by atoms with Crippen molar-refractivity contribution >= 4 is 28.2 Å². The number of nitrogens with one attached hydrogen (secondary N) is 3. The second kappa shape index (κ2) is 9.01. The molecule has 5 nitrogen and oxygen atoms in total. The second-order valence-electron chi connectivity index (χ2n) is 6.10. The predicted octanol–water partition coefficient (Wildman–Crippen LogP) is 1.90. The van der Waals surface area contributed by atoms with Gasteiger partial charge in [0.25, 0.3) is 0 Å². The maximum absolute atomic E-state index is 5.36. The number of rotatable bonds is 7. The fourth-order valence-electron chi connectivity index (χ4n) is 3.04. The fourth-order valence-corrected chi connectivity index (χ4v) is 3.25. The minimum Gasteiger partial charge on any atom is -0.379 e. The van der Waals surface area contributed by atoms with Gasteiger partial charge in [0, 0.05) is 43.3 Å². The Balaban J connectivity index is 1.30. The number of hydrogen-bond acceptors (Lipinski definition) is 3. The lowest BCUT2D eigenvalue weighted by atomic mass is 10.1. The lowest BCUT2D eigenvalue weighted by molar-refractivity contribution is 0.0376. The Kier molecular flexibility index (Phi) is 6.46. The molecule has 0 unspecified atom stereocenters. The van der Waals surface area contributed by atoms with E-state index in [0.717, 1.165) is 63.9 Å². The number of aromatic amines is 1. The number of thiocarbonyl (C=S) groups is 1. The Bertz CT molecular complexity index is 651. The molecule has 1 saturated heterocycles. The van der Waals surface area contributed by atoms with E-state index < -0.39 is 0 Å². The van der Waals surface area contributed by atoms with Gasteiger partial charge in [0.15, 0.2) is 5.11 Å². The van der Waals surface area contributed by atoms with Gasteiger partial charge in [-0.2, -0.15) is 0 Å². The summed E-state index contributed by atoms with van der Waals surface area (Å²) in [7, 11) is 0. The van der Waals surface area contributed by atoms with Crippen LogP contribution in [0, 0.1) is 0 Å². The molecule has 0 aliphatic carbocycles. The van der Waals surface area contributed by atoms with Gasteiger partial charge >= 0.3 is 0 Å². The molecule has 130 valence electrons. The molecule has 2 aromatic rings. The van der Waals surface area contributed by atoms with Gasteiger partial charge < -0.3 is 20.4 Å². The summed E-state index contributed by atoms with van der Waals surface area (Å²) in [4.78, 5) is 5.75. The number of aromatic nitrogens is 1. The smallest absolute Gasteiger partial charge is 0.166 e. The van der Waals surface area contributed by atoms with Crippen LogP contribution < -0.4 is 10.6 Å². The molecule has 0 amide bonds. The van der Waals surface area contributed by atoms with Gasteiger partial charge in [-0.25, -0.2) is 0 Å². The molecular formula is C18H26N4OS. The summed E-state index contributed by atoms with van der Waals surface area (Å²) >= 11 is 5.35. The van der Waals surface area contributed by atoms with Crippen molar-refractivity contribution in [3.05, 3.63) is 36.0 Å². The Hall–Kier alpha value is -1.63. The van der Waals surface area contributed by atoms with Crippen molar-refractivity contribution < 1.29 is 4.74 Å². The van der Waals surface area contributed by atoms with E-state index in [4.69, 9.17) is 17.0 Å². The van der Waals surface area contributed by atoms with E-state index in [1.54, 1.807) is 0 Å². The highest BCUT2D eigenvalue weighted by Crippen LogP contribution is 2.17. The van der Waals surface area contributed by atoms with Crippen LogP contribution in [-0.4, -0.2) is 60.9 Å². The molecule has 0 atom stereocenters. The first kappa shape index (κ1) is 17.2. The minimum atomic E-state index is 0.747. The summed E-state index contributed by atoms with van der Waals surface area (Å²) in [6, 6.07) is 8.39. The number of ether oxygens (including phenoxy) is 1. The zero-order valence-corrected chi connectivity index (χ0v) is 14.8. The number of H-pyrrole nitrogens is 1. The monoisotopic (exact) mass is 346 g/mol. The van der Waals surface area contributed by atoms with Crippen molar-refractivity contribution in [2.45, 2.75) is 12.8 Å². The van der Waals surface area contributed by atoms with Gasteiger partial charge in [-0.3, -0.25) is 4.90 Å². The molecule has 2 heterocycles. The summed E-state index contributed by atoms with van der Waals surface area (Å²) in [5.74, 6) is 0. The molecule has 0 radical (unpaired) electrons. The first-order valence-corrected chi connectivity index (χ1v) is 9.10. The van der Waals surface area contributed by atoms with E-state index in [1.807, 2.05) is 0 Å². The van der Waals surface area contributed by atoms with Crippen molar-refractivity contribution in [1.29, 1.82) is 0 Å². The topological polar surface area (TPSA) is 52.3 Å². The highest BCUT2D eigenvalue weighted by atomic mass is 32.1. The highest BCUT2D eigenvalue weighted by molar-refractivity contribution is 7.80. The van der Waals surface area contributed by atoms with E-state index >= 15 is 0 Å². The van der Waals surface area contributed by atoms with Crippen LogP contribution in [0.15, 0.2) is 30.5 Å². The van der Waals surface area contributed by atoms with Crippen molar-refractivity contribution in [2.75, 3.05) is 45.9 Å². The first-order chi connectivity index (χ1) is 11.8. The van der Waals surface area contributed by atoms with Crippen LogP contribution in [0.5, 0.6) is 0 Å². The average molecular weight is 346 g/mol. The van der Waals surface area contributed by atoms with Crippen LogP contribution in [-0.2, 0) is 11.2 Å². The zero-order valence-electron chi connectivity index (χ0n) is 14.0. The molecule has 1 aliphatic heterocycles. The maximum Gasteiger partial charge on any atom is 0.166 e. The summed E-state index contributed by atoms with van der Waals surface area (Å²) in [5.41, 5.74) is 2.52. The van der Waals surface area contributed by atoms with Crippen molar-refractivity contribution in [3.63, 3.8) is 0 Å². The van der Waals surface area contributed by atoms with E-state index in [0.29, 0.717) is 0 Å². The summed E-state index contributed by atoms with van der Waals surface area (Å²) in [5, 5.41) is 8.63. The Morgan fingerprint density at radius 3 is 2.83 bits per heavy atom. The third kappa shape index (κ3) is 4.93. The van der Waals surface area contributed by atoms with Crippen LogP contribution in [0.2, 0.25) is 0 Å². The van der Waals surface area contributed by atoms with Gasteiger partial charge in [-0.05, 0) is 43.2 Å². The molecule has 0 bridgehead atoms. The Morgan fingerprint density at radius 2 is 1.96 bits per heavy atom. The van der Waals surface area contributed by atoms with E-state index in [9.17, 15) is 0 Å². The standard InChI is InChI=1S/C18H26N4OS/c24-18(19-7-3-9-22-10-12-23-13-11-22)20-8-6-15-14-21-17-5-2-1-4-16(15)17/h1-2,4-5,14,21H,3,6-13H2,(H2,19,20,24). The summed E-state index contributed by atoms with van der Waals surface area (Å²) in [6.45, 7) is 6.69. The lowest BCUT2D eigenvalue weighted by Crippen LogP contribution is -2.40. The number of nitrogens with zero attached hydrogens (tertiary/aromatic N) is 1. The molecule has 24 heavy (non-hydrogen) atoms. The molecule has 3 N–H and O–H groups in total. The Labute approximate surface area is 148 Å². The van der Waals surface area contributed by atoms with Gasteiger partial charge in [0.05, 0.1) is 13.2 Å². The van der Waals surface area contributed by atoms with Crippen LogP contribution in [0.1, 0.15) is 12.0 Å². The molecule has 1 aliphatic rings. The normalized spacial score (nSPS) is 15.5. The predicted molar refractivity (Wildman–Crippen MR) is 102 cm³/mol. The molecule has 1 aromatic heterocycles. The number of benzene rings is 1. The maximum atomic E-state index is 5.36. The number of morpholine rings is 1. The number of hydrogen-bond donors (Lipinski definition) is 3. The summed E-state index contributed by atoms with van der Waals surface area (Å²) < 4.78 is 5.36. The van der Waals surface area contributed by atoms with Crippen LogP contribution in [0.4, 0.5) is 0 Å². The molecule has 0 saturated carbocycles. The zero-order chi connectivity index (χ0) is 16.6. The van der Waals surface area contributed by atoms with Crippen molar-refractivity contribution in [1.82, 2.24) is 20.5 Å². The van der Waals surface area contributed by atoms with Gasteiger partial charge in [0.2, 0.25) is 0 Å². The molecule has 3 rings (SSSR count). The van der Waals surface area contributed by atoms with Crippen molar-refractivity contribution in [3.8, 4) is 0 Å². The molecular weight excluding hydrogens is 320 g/mol. The average Bonchev–Trinajstić information content (AvgIpc) is 3.03. The van der Waals surface area contributed by atoms with Gasteiger partial charge in [-0.1, -0.05) is 18.2 Å². The molecule has 6 heteroatoms. The van der Waals surface area contributed by atoms with Crippen LogP contribution in [0.25, 0.3) is 10.9 Å².